The van der Waals surface area contributed by atoms with Crippen molar-refractivity contribution in [2.75, 3.05) is 7.11 Å². The van der Waals surface area contributed by atoms with Crippen LogP contribution in [-0.4, -0.2) is 22.2 Å². The zero-order valence-corrected chi connectivity index (χ0v) is 19.9. The van der Waals surface area contributed by atoms with Crippen molar-refractivity contribution in [1.82, 2.24) is 9.97 Å². The zero-order chi connectivity index (χ0) is 24.8. The number of hydrogen-bond donors (Lipinski definition) is 2. The number of aromatic nitrogens is 2. The Morgan fingerprint density at radius 3 is 2.24 bits per heavy atom. The molecule has 2 N–H and O–H groups in total. The van der Waals surface area contributed by atoms with Crippen molar-refractivity contribution >= 4 is 22.5 Å². The number of halogens is 4. The van der Waals surface area contributed by atoms with Crippen molar-refractivity contribution in [3.05, 3.63) is 92.8 Å². The third-order valence-corrected chi connectivity index (χ3v) is 6.46. The fourth-order valence-electron chi connectivity index (χ4n) is 4.26. The van der Waals surface area contributed by atoms with Crippen molar-refractivity contribution < 1.29 is 23.0 Å². The molecule has 2 aromatic heterocycles. The second-order valence-corrected chi connectivity index (χ2v) is 8.98. The van der Waals surface area contributed by atoms with Crippen LogP contribution in [0.15, 0.2) is 48.5 Å². The summed E-state index contributed by atoms with van der Waals surface area (Å²) < 4.78 is 44.2. The highest BCUT2D eigenvalue weighted by molar-refractivity contribution is 6.36. The normalized spacial score (nSPS) is 13.8. The highest BCUT2D eigenvalue weighted by Gasteiger charge is 2.31. The first-order valence-electron chi connectivity index (χ1n) is 10.6. The maximum Gasteiger partial charge on any atom is 0.416 e. The highest BCUT2D eigenvalue weighted by atomic mass is 35.5. The van der Waals surface area contributed by atoms with Crippen molar-refractivity contribution in [2.45, 2.75) is 39.0 Å². The molecule has 0 spiro atoms. The van der Waals surface area contributed by atoms with Crippen molar-refractivity contribution in [3.8, 4) is 5.88 Å². The zero-order valence-electron chi connectivity index (χ0n) is 19.1. The van der Waals surface area contributed by atoms with Gasteiger partial charge in [-0.2, -0.15) is 13.2 Å². The molecule has 0 radical (unpaired) electrons. The third kappa shape index (κ3) is 4.38. The van der Waals surface area contributed by atoms with E-state index in [9.17, 15) is 18.3 Å². The standard InChI is InChI=1S/C26H24ClF3N2O2/c1-14-11-15(2)31-23(14)25(3,33)18-9-10-21-19(13-18)22(27)20(24(32-21)34-4)12-16-5-7-17(8-6-16)26(28,29)30/h5-11,13,31,33H,12H2,1-4H3. The van der Waals surface area contributed by atoms with Gasteiger partial charge in [0.05, 0.1) is 28.9 Å². The van der Waals surface area contributed by atoms with Gasteiger partial charge in [-0.15, -0.1) is 0 Å². The number of aliphatic hydroxyl groups is 1. The van der Waals surface area contributed by atoms with Gasteiger partial charge in [0.1, 0.15) is 5.60 Å². The molecular weight excluding hydrogens is 465 g/mol. The van der Waals surface area contributed by atoms with E-state index in [-0.39, 0.29) is 6.42 Å². The summed E-state index contributed by atoms with van der Waals surface area (Å²) in [5.74, 6) is 0.299. The number of hydrogen-bond acceptors (Lipinski definition) is 3. The first kappa shape index (κ1) is 24.1. The van der Waals surface area contributed by atoms with E-state index in [1.54, 1.807) is 25.1 Å². The van der Waals surface area contributed by atoms with Gasteiger partial charge in [0.15, 0.2) is 0 Å². The third-order valence-electron chi connectivity index (χ3n) is 6.03. The lowest BCUT2D eigenvalue weighted by Crippen LogP contribution is -2.24. The molecule has 4 nitrogen and oxygen atoms in total. The van der Waals surface area contributed by atoms with Crippen LogP contribution in [0.1, 0.15) is 46.1 Å². The van der Waals surface area contributed by atoms with E-state index in [2.05, 4.69) is 9.97 Å². The molecule has 4 rings (SSSR count). The molecule has 34 heavy (non-hydrogen) atoms. The maximum absolute atomic E-state index is 12.9. The number of rotatable bonds is 5. The molecule has 8 heteroatoms. The average molecular weight is 489 g/mol. The van der Waals surface area contributed by atoms with E-state index < -0.39 is 17.3 Å². The Kier molecular flexibility index (Phi) is 6.12. The number of ether oxygens (including phenoxy) is 1. The van der Waals surface area contributed by atoms with Gasteiger partial charge < -0.3 is 14.8 Å². The number of nitrogens with zero attached hydrogens (tertiary/aromatic N) is 1. The molecule has 0 saturated heterocycles. The summed E-state index contributed by atoms with van der Waals surface area (Å²) in [4.78, 5) is 7.77. The molecule has 1 unspecified atom stereocenters. The van der Waals surface area contributed by atoms with Crippen LogP contribution in [0, 0.1) is 13.8 Å². The predicted octanol–water partition coefficient (Wildman–Crippen LogP) is 6.71. The molecule has 4 aromatic rings. The topological polar surface area (TPSA) is 58.1 Å². The van der Waals surface area contributed by atoms with Crippen LogP contribution >= 0.6 is 11.6 Å². The van der Waals surface area contributed by atoms with Crippen LogP contribution in [0.25, 0.3) is 10.9 Å². The Morgan fingerprint density at radius 2 is 1.68 bits per heavy atom. The lowest BCUT2D eigenvalue weighted by atomic mass is 9.89. The first-order chi connectivity index (χ1) is 15.9. The van der Waals surface area contributed by atoms with Crippen LogP contribution < -0.4 is 4.74 Å². The molecule has 0 saturated carbocycles. The van der Waals surface area contributed by atoms with Crippen molar-refractivity contribution in [2.24, 2.45) is 0 Å². The first-order valence-corrected chi connectivity index (χ1v) is 11.0. The van der Waals surface area contributed by atoms with Gasteiger partial charge in [0.25, 0.3) is 0 Å². The Hall–Kier alpha value is -3.03. The summed E-state index contributed by atoms with van der Waals surface area (Å²) in [5.41, 5.74) is 2.94. The SMILES string of the molecule is COc1nc2ccc(C(C)(O)c3[nH]c(C)cc3C)cc2c(Cl)c1Cc1ccc(C(F)(F)F)cc1. The lowest BCUT2D eigenvalue weighted by molar-refractivity contribution is -0.137. The maximum atomic E-state index is 12.9. The number of benzene rings is 2. The van der Waals surface area contributed by atoms with E-state index >= 15 is 0 Å². The Bertz CT molecular complexity index is 1360. The van der Waals surface area contributed by atoms with E-state index in [1.807, 2.05) is 19.9 Å². The number of aryl methyl sites for hydroxylation is 2. The molecule has 0 fully saturated rings. The molecule has 1 atom stereocenters. The molecule has 0 aliphatic carbocycles. The monoisotopic (exact) mass is 488 g/mol. The van der Waals surface area contributed by atoms with E-state index in [1.165, 1.54) is 19.2 Å². The van der Waals surface area contributed by atoms with Gasteiger partial charge in [-0.05, 0) is 67.8 Å². The Labute approximate surface area is 200 Å². The highest BCUT2D eigenvalue weighted by Crippen LogP contribution is 2.38. The van der Waals surface area contributed by atoms with Crippen LogP contribution in [0.3, 0.4) is 0 Å². The average Bonchev–Trinajstić information content (AvgIpc) is 3.13. The van der Waals surface area contributed by atoms with Gasteiger partial charge in [0, 0.05) is 23.1 Å². The van der Waals surface area contributed by atoms with Crippen LogP contribution in [0.4, 0.5) is 13.2 Å². The molecule has 178 valence electrons. The molecular formula is C26H24ClF3N2O2. The summed E-state index contributed by atoms with van der Waals surface area (Å²) in [6, 6.07) is 12.2. The van der Waals surface area contributed by atoms with Gasteiger partial charge in [-0.1, -0.05) is 29.8 Å². The number of pyridine rings is 1. The minimum atomic E-state index is -4.40. The smallest absolute Gasteiger partial charge is 0.416 e. The molecule has 0 aliphatic heterocycles. The number of nitrogens with one attached hydrogen (secondary N) is 1. The summed E-state index contributed by atoms with van der Waals surface area (Å²) in [5, 5.41) is 12.4. The largest absolute Gasteiger partial charge is 0.481 e. The van der Waals surface area contributed by atoms with Gasteiger partial charge in [0.2, 0.25) is 5.88 Å². The predicted molar refractivity (Wildman–Crippen MR) is 126 cm³/mol. The fourth-order valence-corrected chi connectivity index (χ4v) is 4.56. The molecule has 0 aliphatic rings. The van der Waals surface area contributed by atoms with Crippen molar-refractivity contribution in [3.63, 3.8) is 0 Å². The summed E-state index contributed by atoms with van der Waals surface area (Å²) in [7, 11) is 1.47. The van der Waals surface area contributed by atoms with E-state index in [0.29, 0.717) is 44.2 Å². The second kappa shape index (κ2) is 8.64. The summed E-state index contributed by atoms with van der Waals surface area (Å²) in [6.07, 6.45) is -4.17. The summed E-state index contributed by atoms with van der Waals surface area (Å²) >= 11 is 6.79. The minimum absolute atomic E-state index is 0.235. The quantitative estimate of drug-likeness (QED) is 0.328. The van der Waals surface area contributed by atoms with Gasteiger partial charge in [-0.3, -0.25) is 0 Å². The number of fused-ring (bicyclic) bond motifs is 1. The van der Waals surface area contributed by atoms with E-state index in [0.717, 1.165) is 23.4 Å². The molecule has 0 bridgehead atoms. The molecule has 0 amide bonds. The molecule has 2 heterocycles. The van der Waals surface area contributed by atoms with Crippen molar-refractivity contribution in [1.29, 1.82) is 0 Å². The number of aromatic amines is 1. The van der Waals surface area contributed by atoms with Gasteiger partial charge in [-0.25, -0.2) is 4.98 Å². The fraction of sp³-hybridized carbons (Fsp3) is 0.269. The second-order valence-electron chi connectivity index (χ2n) is 8.60. The number of methoxy groups -OCH3 is 1. The summed E-state index contributed by atoms with van der Waals surface area (Å²) in [6.45, 7) is 5.56. The van der Waals surface area contributed by atoms with E-state index in [4.69, 9.17) is 16.3 Å². The van der Waals surface area contributed by atoms with Gasteiger partial charge >= 0.3 is 6.18 Å². The van der Waals surface area contributed by atoms with Crippen LogP contribution in [0.5, 0.6) is 5.88 Å². The minimum Gasteiger partial charge on any atom is -0.481 e. The van der Waals surface area contributed by atoms with Crippen LogP contribution in [-0.2, 0) is 18.2 Å². The Morgan fingerprint density at radius 1 is 1.03 bits per heavy atom. The number of H-pyrrole nitrogens is 1. The Balaban J connectivity index is 1.79. The molecule has 2 aromatic carbocycles. The van der Waals surface area contributed by atoms with Crippen LogP contribution in [0.2, 0.25) is 5.02 Å². The number of alkyl halides is 3. The lowest BCUT2D eigenvalue weighted by Gasteiger charge is -2.25.